The molecule has 1 aromatic rings. The largest absolute Gasteiger partial charge is 0.368 e. The molecule has 2 unspecified atom stereocenters. The molecule has 2 fully saturated rings. The topological polar surface area (TPSA) is 71.5 Å². The number of amides is 3. The number of benzene rings is 1. The summed E-state index contributed by atoms with van der Waals surface area (Å²) >= 11 is 6.15. The van der Waals surface area contributed by atoms with Crippen molar-refractivity contribution >= 4 is 35.2 Å². The van der Waals surface area contributed by atoms with Crippen molar-refractivity contribution in [1.82, 2.24) is 20.0 Å². The number of aliphatic imine (C=N–C) groups is 1. The molecule has 9 heteroatoms. The lowest BCUT2D eigenvalue weighted by Crippen LogP contribution is -2.64. The molecule has 3 amide bonds. The summed E-state index contributed by atoms with van der Waals surface area (Å²) in [4.78, 5) is 37.8. The van der Waals surface area contributed by atoms with Gasteiger partial charge in [0.15, 0.2) is 18.2 Å². The van der Waals surface area contributed by atoms with Gasteiger partial charge in [0.25, 0.3) is 5.91 Å². The number of hydrogen-bond donors (Lipinski definition) is 1. The summed E-state index contributed by atoms with van der Waals surface area (Å²) in [6, 6.07) is 7.05. The molecule has 8 nitrogen and oxygen atoms in total. The molecule has 0 aliphatic carbocycles. The normalized spacial score (nSPS) is 24.4. The van der Waals surface area contributed by atoms with E-state index in [0.29, 0.717) is 5.92 Å². The highest BCUT2D eigenvalue weighted by molar-refractivity contribution is 6.30. The Morgan fingerprint density at radius 1 is 1.17 bits per heavy atom. The first-order valence-corrected chi connectivity index (χ1v) is 10.9. The fourth-order valence-electron chi connectivity index (χ4n) is 4.25. The van der Waals surface area contributed by atoms with Gasteiger partial charge < -0.3 is 19.6 Å². The number of fused-ring (bicyclic) bond motifs is 1. The van der Waals surface area contributed by atoms with Crippen LogP contribution >= 0.6 is 11.6 Å². The van der Waals surface area contributed by atoms with E-state index in [1.807, 2.05) is 18.2 Å². The van der Waals surface area contributed by atoms with Crippen LogP contribution in [0.25, 0.3) is 0 Å². The number of nitrogens with one attached hydrogen (secondary N) is 1. The van der Waals surface area contributed by atoms with Crippen molar-refractivity contribution in [1.29, 1.82) is 0 Å². The highest BCUT2D eigenvalue weighted by atomic mass is 35.5. The minimum Gasteiger partial charge on any atom is -0.368 e. The lowest BCUT2D eigenvalue weighted by Gasteiger charge is -2.41. The highest BCUT2D eigenvalue weighted by Gasteiger charge is 2.49. The van der Waals surface area contributed by atoms with Crippen LogP contribution in [0.15, 0.2) is 29.3 Å². The van der Waals surface area contributed by atoms with Crippen LogP contribution in [0.4, 0.5) is 10.5 Å². The van der Waals surface area contributed by atoms with Crippen molar-refractivity contribution in [2.45, 2.75) is 32.5 Å². The lowest BCUT2D eigenvalue weighted by atomic mass is 10.1. The number of carbonyl (C=O) groups excluding carboxylic acids is 2. The Morgan fingerprint density at radius 2 is 1.87 bits per heavy atom. The second-order valence-corrected chi connectivity index (χ2v) is 8.96. The maximum atomic E-state index is 12.7. The van der Waals surface area contributed by atoms with Crippen LogP contribution in [-0.4, -0.2) is 84.6 Å². The van der Waals surface area contributed by atoms with Gasteiger partial charge in [-0.15, -0.1) is 0 Å². The third-order valence-corrected chi connectivity index (χ3v) is 6.26. The molecule has 3 aliphatic heterocycles. The van der Waals surface area contributed by atoms with Gasteiger partial charge >= 0.3 is 6.03 Å². The van der Waals surface area contributed by atoms with E-state index < -0.39 is 12.2 Å². The summed E-state index contributed by atoms with van der Waals surface area (Å²) in [6.07, 6.45) is 0.481. The molecule has 0 saturated carbocycles. The number of likely N-dealkylation sites (N-methyl/N-ethyl adjacent to an activating group) is 1. The molecule has 0 bridgehead atoms. The standard InChI is InChI=1S/C21H29ClN6O2/c1-14(2)7-8-28-17-18(25(3)21(30)24-19(17)29)23-20(28)27-11-9-26(10-12-27)16-6-4-5-15(22)13-16/h4-6,13-14,17-18H,7-12H2,1-3H3,(H,24,29,30). The molecular formula is C21H29ClN6O2. The summed E-state index contributed by atoms with van der Waals surface area (Å²) < 4.78 is 0. The molecular weight excluding hydrogens is 404 g/mol. The first-order valence-electron chi connectivity index (χ1n) is 10.5. The first kappa shape index (κ1) is 20.8. The van der Waals surface area contributed by atoms with Crippen LogP contribution in [0, 0.1) is 5.92 Å². The van der Waals surface area contributed by atoms with Gasteiger partial charge in [-0.2, -0.15) is 0 Å². The van der Waals surface area contributed by atoms with E-state index in [1.54, 1.807) is 7.05 Å². The third kappa shape index (κ3) is 3.93. The van der Waals surface area contributed by atoms with Gasteiger partial charge in [-0.05, 0) is 30.5 Å². The van der Waals surface area contributed by atoms with Crippen molar-refractivity contribution in [2.24, 2.45) is 10.9 Å². The van der Waals surface area contributed by atoms with Gasteiger partial charge in [-0.25, -0.2) is 9.79 Å². The number of guanidine groups is 1. The number of rotatable bonds is 4. The summed E-state index contributed by atoms with van der Waals surface area (Å²) in [5.41, 5.74) is 1.12. The average molecular weight is 433 g/mol. The zero-order valence-electron chi connectivity index (χ0n) is 17.7. The Morgan fingerprint density at radius 3 is 2.53 bits per heavy atom. The monoisotopic (exact) mass is 432 g/mol. The third-order valence-electron chi connectivity index (χ3n) is 6.02. The van der Waals surface area contributed by atoms with E-state index in [0.717, 1.165) is 55.8 Å². The van der Waals surface area contributed by atoms with E-state index in [-0.39, 0.29) is 11.9 Å². The number of halogens is 1. The van der Waals surface area contributed by atoms with E-state index in [2.05, 4.69) is 39.9 Å². The molecule has 30 heavy (non-hydrogen) atoms. The second-order valence-electron chi connectivity index (χ2n) is 8.52. The molecule has 1 N–H and O–H groups in total. The fraction of sp³-hybridized carbons (Fsp3) is 0.571. The molecule has 0 spiro atoms. The number of piperazine rings is 1. The zero-order valence-corrected chi connectivity index (χ0v) is 18.5. The van der Waals surface area contributed by atoms with Gasteiger partial charge in [-0.1, -0.05) is 31.5 Å². The molecule has 0 aromatic heterocycles. The highest BCUT2D eigenvalue weighted by Crippen LogP contribution is 2.28. The zero-order chi connectivity index (χ0) is 21.4. The van der Waals surface area contributed by atoms with Crippen molar-refractivity contribution in [3.8, 4) is 0 Å². The average Bonchev–Trinajstić information content (AvgIpc) is 3.11. The van der Waals surface area contributed by atoms with E-state index in [4.69, 9.17) is 16.6 Å². The molecule has 162 valence electrons. The Balaban J connectivity index is 1.52. The summed E-state index contributed by atoms with van der Waals surface area (Å²) in [5.74, 6) is 1.08. The van der Waals surface area contributed by atoms with Gasteiger partial charge in [0, 0.05) is 50.5 Å². The Kier molecular flexibility index (Phi) is 5.77. The molecule has 4 rings (SSSR count). The van der Waals surface area contributed by atoms with E-state index in [9.17, 15) is 9.59 Å². The lowest BCUT2D eigenvalue weighted by molar-refractivity contribution is -0.127. The predicted octanol–water partition coefficient (Wildman–Crippen LogP) is 2.06. The van der Waals surface area contributed by atoms with Crippen molar-refractivity contribution < 1.29 is 9.59 Å². The predicted molar refractivity (Wildman–Crippen MR) is 118 cm³/mol. The number of anilines is 1. The number of carbonyl (C=O) groups is 2. The van der Waals surface area contributed by atoms with Crippen LogP contribution < -0.4 is 10.2 Å². The van der Waals surface area contributed by atoms with Crippen molar-refractivity contribution in [2.75, 3.05) is 44.7 Å². The molecule has 2 saturated heterocycles. The molecule has 0 radical (unpaired) electrons. The van der Waals surface area contributed by atoms with E-state index >= 15 is 0 Å². The molecule has 2 atom stereocenters. The summed E-state index contributed by atoms with van der Waals surface area (Å²) in [5, 5.41) is 3.20. The minimum absolute atomic E-state index is 0.261. The van der Waals surface area contributed by atoms with Crippen LogP contribution in [0.3, 0.4) is 0 Å². The first-order chi connectivity index (χ1) is 14.3. The number of urea groups is 1. The number of imide groups is 1. The quantitative estimate of drug-likeness (QED) is 0.788. The van der Waals surface area contributed by atoms with Crippen LogP contribution in [0.5, 0.6) is 0 Å². The molecule has 3 aliphatic rings. The van der Waals surface area contributed by atoms with Gasteiger partial charge in [0.2, 0.25) is 0 Å². The Hall–Kier alpha value is -2.48. The van der Waals surface area contributed by atoms with Crippen LogP contribution in [0.1, 0.15) is 20.3 Å². The van der Waals surface area contributed by atoms with Gasteiger partial charge in [-0.3, -0.25) is 10.1 Å². The maximum Gasteiger partial charge on any atom is 0.325 e. The molecule has 3 heterocycles. The van der Waals surface area contributed by atoms with Crippen molar-refractivity contribution in [3.05, 3.63) is 29.3 Å². The minimum atomic E-state index is -0.473. The SMILES string of the molecule is CC(C)CCN1C(N2CCN(c3cccc(Cl)c3)CC2)=NC2C1C(=O)NC(=O)N2C. The Labute approximate surface area is 182 Å². The number of nitrogens with zero attached hydrogens (tertiary/aromatic N) is 5. The van der Waals surface area contributed by atoms with Crippen molar-refractivity contribution in [3.63, 3.8) is 0 Å². The maximum absolute atomic E-state index is 12.7. The number of hydrogen-bond acceptors (Lipinski definition) is 6. The summed E-state index contributed by atoms with van der Waals surface area (Å²) in [7, 11) is 1.70. The van der Waals surface area contributed by atoms with Crippen LogP contribution in [-0.2, 0) is 4.79 Å². The molecule has 1 aromatic carbocycles. The smallest absolute Gasteiger partial charge is 0.325 e. The van der Waals surface area contributed by atoms with Crippen LogP contribution in [0.2, 0.25) is 5.02 Å². The fourth-order valence-corrected chi connectivity index (χ4v) is 4.43. The second kappa shape index (κ2) is 8.34. The van der Waals surface area contributed by atoms with Gasteiger partial charge in [0.05, 0.1) is 0 Å². The Bertz CT molecular complexity index is 852. The van der Waals surface area contributed by atoms with E-state index in [1.165, 1.54) is 4.90 Å². The van der Waals surface area contributed by atoms with Gasteiger partial charge in [0.1, 0.15) is 0 Å². The summed E-state index contributed by atoms with van der Waals surface area (Å²) in [6.45, 7) is 8.35.